The number of hydrogen-bond donors (Lipinski definition) is 2. The smallest absolute Gasteiger partial charge is 0.319 e. The summed E-state index contributed by atoms with van der Waals surface area (Å²) in [5.41, 5.74) is 2.56. The van der Waals surface area contributed by atoms with Crippen molar-refractivity contribution in [1.29, 1.82) is 0 Å². The van der Waals surface area contributed by atoms with Crippen LogP contribution >= 0.6 is 0 Å². The van der Waals surface area contributed by atoms with Crippen molar-refractivity contribution in [2.75, 3.05) is 16.8 Å². The van der Waals surface area contributed by atoms with Crippen LogP contribution in [0.4, 0.5) is 16.2 Å². The predicted octanol–water partition coefficient (Wildman–Crippen LogP) is 3.52. The van der Waals surface area contributed by atoms with Crippen LogP contribution < -0.4 is 15.5 Å². The number of imidazole rings is 1. The highest BCUT2D eigenvalue weighted by molar-refractivity contribution is 5.97. The number of nitrogens with zero attached hydrogens (tertiary/aromatic N) is 3. The van der Waals surface area contributed by atoms with Crippen molar-refractivity contribution in [3.8, 4) is 0 Å². The molecule has 7 heteroatoms. The second-order valence-electron chi connectivity index (χ2n) is 6.99. The molecule has 0 saturated carbocycles. The van der Waals surface area contributed by atoms with Gasteiger partial charge in [-0.1, -0.05) is 19.4 Å². The second-order valence-corrected chi connectivity index (χ2v) is 6.99. The SMILES string of the molecule is CCCC(NC(=O)Nc1ccc(C)c(N2CCCC2=O)c1)c1nccn1C. The third kappa shape index (κ3) is 4.30. The van der Waals surface area contributed by atoms with Gasteiger partial charge in [-0.2, -0.15) is 0 Å². The Kier molecular flexibility index (Phi) is 5.78. The number of urea groups is 1. The molecule has 1 aromatic heterocycles. The lowest BCUT2D eigenvalue weighted by Crippen LogP contribution is -2.34. The van der Waals surface area contributed by atoms with Crippen molar-refractivity contribution in [3.63, 3.8) is 0 Å². The van der Waals surface area contributed by atoms with Gasteiger partial charge in [0.15, 0.2) is 0 Å². The third-order valence-corrected chi connectivity index (χ3v) is 4.88. The highest BCUT2D eigenvalue weighted by atomic mass is 16.2. The van der Waals surface area contributed by atoms with Gasteiger partial charge in [0.1, 0.15) is 5.82 Å². The van der Waals surface area contributed by atoms with E-state index in [4.69, 9.17) is 0 Å². The van der Waals surface area contributed by atoms with Crippen LogP contribution in [0.5, 0.6) is 0 Å². The predicted molar refractivity (Wildman–Crippen MR) is 106 cm³/mol. The Labute approximate surface area is 159 Å². The molecular formula is C20H27N5O2. The van der Waals surface area contributed by atoms with Crippen molar-refractivity contribution in [2.45, 2.75) is 45.6 Å². The highest BCUT2D eigenvalue weighted by Gasteiger charge is 2.23. The zero-order chi connectivity index (χ0) is 19.4. The molecule has 0 aliphatic carbocycles. The van der Waals surface area contributed by atoms with E-state index in [1.807, 2.05) is 42.9 Å². The fraction of sp³-hybridized carbons (Fsp3) is 0.450. The van der Waals surface area contributed by atoms with Gasteiger partial charge in [0.05, 0.1) is 6.04 Å². The summed E-state index contributed by atoms with van der Waals surface area (Å²) in [6.07, 6.45) is 6.80. The Bertz CT molecular complexity index is 830. The van der Waals surface area contributed by atoms with Crippen molar-refractivity contribution in [3.05, 3.63) is 42.0 Å². The van der Waals surface area contributed by atoms with Crippen molar-refractivity contribution < 1.29 is 9.59 Å². The van der Waals surface area contributed by atoms with Gasteiger partial charge in [-0.3, -0.25) is 4.79 Å². The normalized spacial score (nSPS) is 15.1. The molecule has 2 aromatic rings. The van der Waals surface area contributed by atoms with Gasteiger partial charge in [-0.05, 0) is 37.5 Å². The summed E-state index contributed by atoms with van der Waals surface area (Å²) >= 11 is 0. The van der Waals surface area contributed by atoms with E-state index in [-0.39, 0.29) is 18.0 Å². The standard InChI is InChI=1S/C20H27N5O2/c1-4-6-16(19-21-10-12-24(19)3)23-20(27)22-15-9-8-14(2)17(13-15)25-11-5-7-18(25)26/h8-10,12-13,16H,4-7,11H2,1-3H3,(H2,22,23,27). The molecule has 1 aliphatic heterocycles. The number of carbonyl (C=O) groups excluding carboxylic acids is 2. The number of anilines is 2. The van der Waals surface area contributed by atoms with Crippen LogP contribution in [0.15, 0.2) is 30.6 Å². The molecule has 1 atom stereocenters. The molecule has 1 saturated heterocycles. The molecule has 7 nitrogen and oxygen atoms in total. The number of amides is 3. The van der Waals surface area contributed by atoms with Crippen LogP contribution in [0.1, 0.15) is 50.0 Å². The molecule has 0 bridgehead atoms. The van der Waals surface area contributed by atoms with Gasteiger partial charge >= 0.3 is 6.03 Å². The molecule has 144 valence electrons. The molecule has 2 N–H and O–H groups in total. The molecule has 0 radical (unpaired) electrons. The van der Waals surface area contributed by atoms with Crippen LogP contribution in [0.3, 0.4) is 0 Å². The van der Waals surface area contributed by atoms with E-state index in [2.05, 4.69) is 22.5 Å². The van der Waals surface area contributed by atoms with Gasteiger partial charge in [0.25, 0.3) is 0 Å². The number of nitrogens with one attached hydrogen (secondary N) is 2. The van der Waals surface area contributed by atoms with Gasteiger partial charge in [-0.15, -0.1) is 0 Å². The topological polar surface area (TPSA) is 79.3 Å². The Hall–Kier alpha value is -2.83. The van der Waals surface area contributed by atoms with Gasteiger partial charge < -0.3 is 20.1 Å². The molecule has 1 aromatic carbocycles. The molecule has 3 amide bonds. The lowest BCUT2D eigenvalue weighted by molar-refractivity contribution is -0.117. The first-order valence-electron chi connectivity index (χ1n) is 9.45. The highest BCUT2D eigenvalue weighted by Crippen LogP contribution is 2.28. The summed E-state index contributed by atoms with van der Waals surface area (Å²) in [6.45, 7) is 4.78. The lowest BCUT2D eigenvalue weighted by Gasteiger charge is -2.21. The Balaban J connectivity index is 1.71. The second kappa shape index (κ2) is 8.24. The Morgan fingerprint density at radius 1 is 1.37 bits per heavy atom. The summed E-state index contributed by atoms with van der Waals surface area (Å²) in [7, 11) is 1.92. The van der Waals surface area contributed by atoms with Gasteiger partial charge in [-0.25, -0.2) is 9.78 Å². The first-order chi connectivity index (χ1) is 13.0. The summed E-state index contributed by atoms with van der Waals surface area (Å²) in [5, 5.41) is 5.90. The minimum absolute atomic E-state index is 0.137. The fourth-order valence-electron chi connectivity index (χ4n) is 3.47. The number of hydrogen-bond acceptors (Lipinski definition) is 3. The first kappa shape index (κ1) is 18.9. The van der Waals surface area contributed by atoms with E-state index in [9.17, 15) is 9.59 Å². The van der Waals surface area contributed by atoms with Crippen LogP contribution in [0, 0.1) is 6.92 Å². The summed E-state index contributed by atoms with van der Waals surface area (Å²) in [4.78, 5) is 30.8. The maximum absolute atomic E-state index is 12.5. The number of carbonyl (C=O) groups is 2. The molecule has 0 spiro atoms. The fourth-order valence-corrected chi connectivity index (χ4v) is 3.47. The molecule has 1 aliphatic rings. The number of aryl methyl sites for hydroxylation is 2. The zero-order valence-electron chi connectivity index (χ0n) is 16.2. The van der Waals surface area contributed by atoms with Gasteiger partial charge in [0.2, 0.25) is 5.91 Å². The summed E-state index contributed by atoms with van der Waals surface area (Å²) in [5.74, 6) is 0.969. The van der Waals surface area contributed by atoms with E-state index in [1.165, 1.54) is 0 Å². The maximum Gasteiger partial charge on any atom is 0.319 e. The molecule has 1 fully saturated rings. The Morgan fingerprint density at radius 2 is 2.19 bits per heavy atom. The van der Waals surface area contributed by atoms with Gasteiger partial charge in [0, 0.05) is 43.8 Å². The average molecular weight is 369 g/mol. The first-order valence-corrected chi connectivity index (χ1v) is 9.45. The molecule has 2 heterocycles. The van der Waals surface area contributed by atoms with Crippen LogP contribution in [-0.4, -0.2) is 28.0 Å². The summed E-state index contributed by atoms with van der Waals surface area (Å²) in [6, 6.07) is 5.22. The van der Waals surface area contributed by atoms with Crippen LogP contribution in [0.2, 0.25) is 0 Å². The maximum atomic E-state index is 12.5. The average Bonchev–Trinajstić information content (AvgIpc) is 3.24. The third-order valence-electron chi connectivity index (χ3n) is 4.88. The quantitative estimate of drug-likeness (QED) is 0.818. The number of aromatic nitrogens is 2. The number of benzene rings is 1. The molecular weight excluding hydrogens is 342 g/mol. The van der Waals surface area contributed by atoms with E-state index in [1.54, 1.807) is 11.1 Å². The van der Waals surface area contributed by atoms with E-state index < -0.39 is 0 Å². The monoisotopic (exact) mass is 369 g/mol. The van der Waals surface area contributed by atoms with Crippen LogP contribution in [-0.2, 0) is 11.8 Å². The van der Waals surface area contributed by atoms with Crippen molar-refractivity contribution in [2.24, 2.45) is 7.05 Å². The Morgan fingerprint density at radius 3 is 2.81 bits per heavy atom. The van der Waals surface area contributed by atoms with Crippen molar-refractivity contribution in [1.82, 2.24) is 14.9 Å². The minimum atomic E-state index is -0.279. The molecule has 1 unspecified atom stereocenters. The zero-order valence-corrected chi connectivity index (χ0v) is 16.2. The minimum Gasteiger partial charge on any atom is -0.336 e. The molecule has 27 heavy (non-hydrogen) atoms. The van der Waals surface area contributed by atoms with E-state index >= 15 is 0 Å². The lowest BCUT2D eigenvalue weighted by atomic mass is 10.1. The number of rotatable bonds is 6. The van der Waals surface area contributed by atoms with E-state index in [0.717, 1.165) is 42.9 Å². The largest absolute Gasteiger partial charge is 0.336 e. The summed E-state index contributed by atoms with van der Waals surface area (Å²) < 4.78 is 1.92. The molecule has 3 rings (SSSR count). The van der Waals surface area contributed by atoms with Crippen molar-refractivity contribution >= 4 is 23.3 Å². The van der Waals surface area contributed by atoms with Crippen LogP contribution in [0.25, 0.3) is 0 Å². The van der Waals surface area contributed by atoms with E-state index in [0.29, 0.717) is 12.1 Å².